The number of ketones is 1. The summed E-state index contributed by atoms with van der Waals surface area (Å²) in [5.41, 5.74) is 5.54. The van der Waals surface area contributed by atoms with Crippen molar-refractivity contribution in [2.45, 2.75) is 0 Å². The molecule has 0 saturated carbocycles. The lowest BCUT2D eigenvalue weighted by atomic mass is 10.1. The van der Waals surface area contributed by atoms with Gasteiger partial charge in [0.1, 0.15) is 11.5 Å². The highest BCUT2D eigenvalue weighted by molar-refractivity contribution is 6.19. The second-order valence-electron chi connectivity index (χ2n) is 2.09. The molecule has 4 heteroatoms. The van der Waals surface area contributed by atoms with Gasteiger partial charge in [0.2, 0.25) is 0 Å². The molecule has 3 N–H and O–H groups in total. The second-order valence-corrected chi connectivity index (χ2v) is 2.09. The number of hydrogen-bond acceptors (Lipinski definition) is 4. The van der Waals surface area contributed by atoms with Crippen LogP contribution >= 0.6 is 0 Å². The van der Waals surface area contributed by atoms with E-state index in [1.54, 1.807) is 0 Å². The lowest BCUT2D eigenvalue weighted by Crippen LogP contribution is -2.20. The summed E-state index contributed by atoms with van der Waals surface area (Å²) < 4.78 is 4.74. The number of nitrogens with one attached hydrogen (secondary N) is 1. The van der Waals surface area contributed by atoms with Crippen LogP contribution in [0.4, 0.5) is 0 Å². The van der Waals surface area contributed by atoms with Crippen LogP contribution in [0.1, 0.15) is 0 Å². The Hall–Kier alpha value is -1.58. The Bertz CT molecular complexity index is 276. The number of nitrogens with two attached hydrogens (primary N) is 1. The maximum atomic E-state index is 10.8. The average Bonchev–Trinajstić information content (AvgIpc) is 1.96. The first-order valence-corrected chi connectivity index (χ1v) is 3.01. The Morgan fingerprint density at radius 1 is 1.55 bits per heavy atom. The summed E-state index contributed by atoms with van der Waals surface area (Å²) >= 11 is 0. The van der Waals surface area contributed by atoms with Crippen LogP contribution in [0.25, 0.3) is 0 Å². The lowest BCUT2D eigenvalue weighted by Gasteiger charge is -2.10. The van der Waals surface area contributed by atoms with E-state index in [0.29, 0.717) is 0 Å². The third-order valence-electron chi connectivity index (χ3n) is 1.33. The van der Waals surface area contributed by atoms with Crippen LogP contribution in [0.15, 0.2) is 23.6 Å². The van der Waals surface area contributed by atoms with E-state index >= 15 is 0 Å². The first-order valence-electron chi connectivity index (χ1n) is 3.01. The Labute approximate surface area is 63.8 Å². The molecule has 0 atom stereocenters. The molecule has 4 nitrogen and oxygen atoms in total. The molecule has 0 aromatic carbocycles. The van der Waals surface area contributed by atoms with Gasteiger partial charge in [0.15, 0.2) is 5.78 Å². The molecule has 0 unspecified atom stereocenters. The highest BCUT2D eigenvalue weighted by Crippen LogP contribution is 2.08. The monoisotopic (exact) mass is 152 g/mol. The fourth-order valence-electron chi connectivity index (χ4n) is 0.772. The van der Waals surface area contributed by atoms with Crippen LogP contribution in [-0.4, -0.2) is 18.6 Å². The van der Waals surface area contributed by atoms with Gasteiger partial charge in [-0.3, -0.25) is 10.2 Å². The molecule has 0 spiro atoms. The molecule has 0 bridgehead atoms. The second kappa shape index (κ2) is 2.57. The number of allylic oxidation sites excluding steroid dienone is 2. The fraction of sp³-hybridized carbons (Fsp3) is 0.143. The molecular weight excluding hydrogens is 144 g/mol. The van der Waals surface area contributed by atoms with E-state index in [2.05, 4.69) is 0 Å². The third kappa shape index (κ3) is 1.29. The molecule has 11 heavy (non-hydrogen) atoms. The zero-order valence-electron chi connectivity index (χ0n) is 6.05. The van der Waals surface area contributed by atoms with E-state index in [0.717, 1.165) is 0 Å². The van der Waals surface area contributed by atoms with Crippen LogP contribution in [-0.2, 0) is 9.53 Å². The van der Waals surface area contributed by atoms with Gasteiger partial charge in [-0.05, 0) is 0 Å². The number of hydrogen-bond donors (Lipinski definition) is 2. The van der Waals surface area contributed by atoms with Crippen LogP contribution in [0.2, 0.25) is 0 Å². The summed E-state index contributed by atoms with van der Waals surface area (Å²) in [5.74, 6) is -0.0228. The Morgan fingerprint density at radius 3 is 2.73 bits per heavy atom. The Morgan fingerprint density at radius 2 is 2.18 bits per heavy atom. The highest BCUT2D eigenvalue weighted by Gasteiger charge is 2.15. The molecule has 58 valence electrons. The standard InChI is InChI=1S/C7H8N2O2/c1-11-6-3-4(10)2-5(8)7(6)9/h2-3,9H,8H2,1H3. The van der Waals surface area contributed by atoms with Crippen molar-refractivity contribution in [3.05, 3.63) is 23.6 Å². The minimum Gasteiger partial charge on any atom is -0.494 e. The smallest absolute Gasteiger partial charge is 0.184 e. The van der Waals surface area contributed by atoms with Gasteiger partial charge >= 0.3 is 0 Å². The van der Waals surface area contributed by atoms with Gasteiger partial charge in [-0.2, -0.15) is 0 Å². The van der Waals surface area contributed by atoms with Crippen molar-refractivity contribution in [3.63, 3.8) is 0 Å². The van der Waals surface area contributed by atoms with E-state index in [9.17, 15) is 4.79 Å². The highest BCUT2D eigenvalue weighted by atomic mass is 16.5. The minimum atomic E-state index is -0.240. The summed E-state index contributed by atoms with van der Waals surface area (Å²) in [6.07, 6.45) is 2.43. The zero-order valence-corrected chi connectivity index (χ0v) is 6.05. The van der Waals surface area contributed by atoms with Gasteiger partial charge in [0.25, 0.3) is 0 Å². The molecule has 1 rings (SSSR count). The van der Waals surface area contributed by atoms with Gasteiger partial charge < -0.3 is 10.5 Å². The van der Waals surface area contributed by atoms with Crippen LogP contribution in [0.3, 0.4) is 0 Å². The quantitative estimate of drug-likeness (QED) is 0.517. The fourth-order valence-corrected chi connectivity index (χ4v) is 0.772. The predicted molar refractivity (Wildman–Crippen MR) is 40.1 cm³/mol. The number of methoxy groups -OCH3 is 1. The number of carbonyl (C=O) groups excluding carboxylic acids is 1. The van der Waals surface area contributed by atoms with Gasteiger partial charge in [0.05, 0.1) is 12.8 Å². The van der Waals surface area contributed by atoms with Crippen molar-refractivity contribution in [1.29, 1.82) is 5.41 Å². The topological polar surface area (TPSA) is 76.2 Å². The van der Waals surface area contributed by atoms with Gasteiger partial charge in [-0.25, -0.2) is 0 Å². The SMILES string of the molecule is COC1=CC(=O)C=C(N)C1=N. The third-order valence-corrected chi connectivity index (χ3v) is 1.33. The largest absolute Gasteiger partial charge is 0.494 e. The maximum absolute atomic E-state index is 10.8. The molecule has 0 aromatic heterocycles. The molecular formula is C7H8N2O2. The van der Waals surface area contributed by atoms with Crippen LogP contribution < -0.4 is 5.73 Å². The summed E-state index contributed by atoms with van der Waals surface area (Å²) in [6.45, 7) is 0. The lowest BCUT2D eigenvalue weighted by molar-refractivity contribution is -0.110. The van der Waals surface area contributed by atoms with Crippen molar-refractivity contribution in [2.24, 2.45) is 5.73 Å². The minimum absolute atomic E-state index is 0.0621. The van der Waals surface area contributed by atoms with Crippen LogP contribution in [0.5, 0.6) is 0 Å². The molecule has 0 aromatic rings. The van der Waals surface area contributed by atoms with Crippen molar-refractivity contribution in [1.82, 2.24) is 0 Å². The van der Waals surface area contributed by atoms with Crippen molar-refractivity contribution < 1.29 is 9.53 Å². The number of rotatable bonds is 1. The molecule has 0 fully saturated rings. The average molecular weight is 152 g/mol. The van der Waals surface area contributed by atoms with E-state index < -0.39 is 0 Å². The Kier molecular flexibility index (Phi) is 1.76. The summed E-state index contributed by atoms with van der Waals surface area (Å²) in [4.78, 5) is 10.8. The summed E-state index contributed by atoms with van der Waals surface area (Å²) in [5, 5.41) is 7.30. The van der Waals surface area contributed by atoms with Crippen molar-refractivity contribution in [2.75, 3.05) is 7.11 Å². The molecule has 1 aliphatic rings. The van der Waals surface area contributed by atoms with E-state index in [-0.39, 0.29) is 23.0 Å². The first kappa shape index (κ1) is 7.53. The molecule has 0 aliphatic heterocycles. The molecule has 0 radical (unpaired) electrons. The van der Waals surface area contributed by atoms with Gasteiger partial charge in [0, 0.05) is 12.2 Å². The Balaban J connectivity index is 3.00. The predicted octanol–water partition coefficient (Wildman–Crippen LogP) is -0.0382. The molecule has 0 heterocycles. The van der Waals surface area contributed by atoms with E-state index in [1.807, 2.05) is 0 Å². The first-order chi connectivity index (χ1) is 5.15. The zero-order chi connectivity index (χ0) is 8.43. The van der Waals surface area contributed by atoms with Crippen molar-refractivity contribution in [3.8, 4) is 0 Å². The molecule has 0 amide bonds. The van der Waals surface area contributed by atoms with Gasteiger partial charge in [-0.15, -0.1) is 0 Å². The maximum Gasteiger partial charge on any atom is 0.184 e. The summed E-state index contributed by atoms with van der Waals surface area (Å²) in [6, 6.07) is 0. The van der Waals surface area contributed by atoms with E-state index in [1.165, 1.54) is 19.3 Å². The number of carbonyl (C=O) groups is 1. The van der Waals surface area contributed by atoms with Crippen molar-refractivity contribution >= 4 is 11.5 Å². The number of ether oxygens (including phenoxy) is 1. The van der Waals surface area contributed by atoms with E-state index in [4.69, 9.17) is 15.9 Å². The van der Waals surface area contributed by atoms with Crippen LogP contribution in [0, 0.1) is 5.41 Å². The normalized spacial score (nSPS) is 17.5. The van der Waals surface area contributed by atoms with Gasteiger partial charge in [-0.1, -0.05) is 0 Å². The molecule has 0 saturated heterocycles. The summed E-state index contributed by atoms with van der Waals surface area (Å²) in [7, 11) is 1.40. The molecule has 1 aliphatic carbocycles.